The zero-order chi connectivity index (χ0) is 14.7. The standard InChI is InChI=1S/C15H12FN3O2/c16-11-5-3-4-10(8-11)13(20)9-14-18-15(19-21-14)12-6-1-2-7-17-12/h1-8,13,20H,9H2/t13-/m1/s1. The SMILES string of the molecule is O[C@H](Cc1nc(-c2ccccn2)no1)c1cccc(F)c1. The molecule has 5 nitrogen and oxygen atoms in total. The smallest absolute Gasteiger partial charge is 0.229 e. The van der Waals surface area contributed by atoms with Crippen LogP contribution >= 0.6 is 0 Å². The van der Waals surface area contributed by atoms with Gasteiger partial charge in [-0.15, -0.1) is 0 Å². The van der Waals surface area contributed by atoms with Gasteiger partial charge in [0.05, 0.1) is 12.5 Å². The Hall–Kier alpha value is -2.60. The number of hydrogen-bond acceptors (Lipinski definition) is 5. The van der Waals surface area contributed by atoms with Gasteiger partial charge in [-0.2, -0.15) is 4.98 Å². The Morgan fingerprint density at radius 2 is 2.10 bits per heavy atom. The molecule has 0 aliphatic rings. The number of benzene rings is 1. The van der Waals surface area contributed by atoms with Gasteiger partial charge in [0.15, 0.2) is 0 Å². The molecule has 0 aliphatic carbocycles. The summed E-state index contributed by atoms with van der Waals surface area (Å²) in [7, 11) is 0. The molecule has 2 heterocycles. The van der Waals surface area contributed by atoms with Gasteiger partial charge in [-0.25, -0.2) is 4.39 Å². The predicted octanol–water partition coefficient (Wildman–Crippen LogP) is 2.55. The highest BCUT2D eigenvalue weighted by Crippen LogP contribution is 2.20. The fraction of sp³-hybridized carbons (Fsp3) is 0.133. The number of aromatic nitrogens is 3. The lowest BCUT2D eigenvalue weighted by atomic mass is 10.1. The number of nitrogens with zero attached hydrogens (tertiary/aromatic N) is 3. The maximum Gasteiger partial charge on any atom is 0.229 e. The zero-order valence-electron chi connectivity index (χ0n) is 11.0. The fourth-order valence-corrected chi connectivity index (χ4v) is 1.93. The molecule has 3 rings (SSSR count). The third-order valence-electron chi connectivity index (χ3n) is 2.96. The molecule has 106 valence electrons. The number of aliphatic hydroxyl groups excluding tert-OH is 1. The average molecular weight is 285 g/mol. The first-order valence-electron chi connectivity index (χ1n) is 6.40. The molecule has 1 atom stereocenters. The van der Waals surface area contributed by atoms with Crippen LogP contribution in [-0.2, 0) is 6.42 Å². The van der Waals surface area contributed by atoms with Crippen LogP contribution < -0.4 is 0 Å². The molecule has 0 aliphatic heterocycles. The fourth-order valence-electron chi connectivity index (χ4n) is 1.93. The number of aliphatic hydroxyl groups is 1. The van der Waals surface area contributed by atoms with Gasteiger partial charge < -0.3 is 9.63 Å². The largest absolute Gasteiger partial charge is 0.388 e. The predicted molar refractivity (Wildman–Crippen MR) is 72.6 cm³/mol. The van der Waals surface area contributed by atoms with E-state index in [1.54, 1.807) is 30.5 Å². The minimum absolute atomic E-state index is 0.114. The van der Waals surface area contributed by atoms with Crippen LogP contribution in [0, 0.1) is 5.82 Å². The van der Waals surface area contributed by atoms with Gasteiger partial charge in [-0.05, 0) is 29.8 Å². The molecule has 2 aromatic heterocycles. The molecular weight excluding hydrogens is 273 g/mol. The minimum atomic E-state index is -0.905. The van der Waals surface area contributed by atoms with Crippen LogP contribution in [-0.4, -0.2) is 20.2 Å². The van der Waals surface area contributed by atoms with Crippen molar-refractivity contribution < 1.29 is 14.0 Å². The minimum Gasteiger partial charge on any atom is -0.388 e. The van der Waals surface area contributed by atoms with Gasteiger partial charge in [0.1, 0.15) is 11.5 Å². The Kier molecular flexibility index (Phi) is 3.70. The molecule has 0 saturated carbocycles. The summed E-state index contributed by atoms with van der Waals surface area (Å²) in [5.41, 5.74) is 1.06. The van der Waals surface area contributed by atoms with E-state index in [0.717, 1.165) is 0 Å². The molecule has 0 saturated heterocycles. The summed E-state index contributed by atoms with van der Waals surface area (Å²) in [4.78, 5) is 8.29. The van der Waals surface area contributed by atoms with E-state index >= 15 is 0 Å². The van der Waals surface area contributed by atoms with Crippen molar-refractivity contribution in [3.63, 3.8) is 0 Å². The van der Waals surface area contributed by atoms with Crippen molar-refractivity contribution in [1.29, 1.82) is 0 Å². The highest BCUT2D eigenvalue weighted by Gasteiger charge is 2.15. The third-order valence-corrected chi connectivity index (χ3v) is 2.96. The first-order valence-corrected chi connectivity index (χ1v) is 6.40. The molecule has 0 amide bonds. The molecule has 0 fully saturated rings. The molecule has 1 aromatic carbocycles. The van der Waals surface area contributed by atoms with E-state index in [-0.39, 0.29) is 12.3 Å². The molecule has 0 radical (unpaired) electrons. The number of halogens is 1. The molecule has 1 N–H and O–H groups in total. The highest BCUT2D eigenvalue weighted by molar-refractivity contribution is 5.47. The molecule has 0 spiro atoms. The van der Waals surface area contributed by atoms with Crippen molar-refractivity contribution in [2.45, 2.75) is 12.5 Å². The van der Waals surface area contributed by atoms with Crippen LogP contribution in [0.2, 0.25) is 0 Å². The quantitative estimate of drug-likeness (QED) is 0.797. The van der Waals surface area contributed by atoms with Crippen molar-refractivity contribution >= 4 is 0 Å². The van der Waals surface area contributed by atoms with E-state index < -0.39 is 11.9 Å². The first-order chi connectivity index (χ1) is 10.2. The molecule has 21 heavy (non-hydrogen) atoms. The van der Waals surface area contributed by atoms with E-state index in [0.29, 0.717) is 17.1 Å². The molecule has 6 heteroatoms. The van der Waals surface area contributed by atoms with E-state index in [1.807, 2.05) is 6.07 Å². The summed E-state index contributed by atoms with van der Waals surface area (Å²) in [6.07, 6.45) is 0.841. The van der Waals surface area contributed by atoms with E-state index in [1.165, 1.54) is 12.1 Å². The summed E-state index contributed by atoms with van der Waals surface area (Å²) in [5.74, 6) is 0.232. The maximum atomic E-state index is 13.1. The lowest BCUT2D eigenvalue weighted by Gasteiger charge is -2.07. The van der Waals surface area contributed by atoms with Crippen LogP contribution in [0.5, 0.6) is 0 Å². The van der Waals surface area contributed by atoms with Crippen LogP contribution in [0.4, 0.5) is 4.39 Å². The Labute approximate surface area is 120 Å². The molecule has 0 unspecified atom stereocenters. The highest BCUT2D eigenvalue weighted by atomic mass is 19.1. The van der Waals surface area contributed by atoms with E-state index in [2.05, 4.69) is 15.1 Å². The van der Waals surface area contributed by atoms with Crippen molar-refractivity contribution in [1.82, 2.24) is 15.1 Å². The Bertz CT molecular complexity index is 731. The summed E-state index contributed by atoms with van der Waals surface area (Å²) in [6.45, 7) is 0. The second kappa shape index (κ2) is 5.80. The van der Waals surface area contributed by atoms with Crippen molar-refractivity contribution in [3.8, 4) is 11.5 Å². The first kappa shape index (κ1) is 13.4. The normalized spacial score (nSPS) is 12.3. The topological polar surface area (TPSA) is 72.0 Å². The summed E-state index contributed by atoms with van der Waals surface area (Å²) < 4.78 is 18.2. The van der Waals surface area contributed by atoms with Gasteiger partial charge in [0, 0.05) is 6.20 Å². The second-order valence-electron chi connectivity index (χ2n) is 4.50. The van der Waals surface area contributed by atoms with Crippen molar-refractivity contribution in [2.24, 2.45) is 0 Å². The monoisotopic (exact) mass is 285 g/mol. The molecular formula is C15H12FN3O2. The lowest BCUT2D eigenvalue weighted by molar-refractivity contribution is 0.164. The summed E-state index contributed by atoms with van der Waals surface area (Å²) in [6, 6.07) is 11.2. The van der Waals surface area contributed by atoms with Crippen molar-refractivity contribution in [3.05, 3.63) is 65.9 Å². The lowest BCUT2D eigenvalue weighted by Crippen LogP contribution is -2.02. The van der Waals surface area contributed by atoms with Crippen LogP contribution in [0.3, 0.4) is 0 Å². The third kappa shape index (κ3) is 3.11. The number of rotatable bonds is 4. The molecule has 0 bridgehead atoms. The summed E-state index contributed by atoms with van der Waals surface area (Å²) in [5, 5.41) is 13.9. The number of pyridine rings is 1. The Morgan fingerprint density at radius 3 is 2.86 bits per heavy atom. The van der Waals surface area contributed by atoms with Gasteiger partial charge in [-0.1, -0.05) is 23.4 Å². The van der Waals surface area contributed by atoms with Crippen LogP contribution in [0.15, 0.2) is 53.2 Å². The Balaban J connectivity index is 1.75. The maximum absolute atomic E-state index is 13.1. The van der Waals surface area contributed by atoms with Gasteiger partial charge >= 0.3 is 0 Å². The van der Waals surface area contributed by atoms with Gasteiger partial charge in [0.2, 0.25) is 11.7 Å². The molecule has 3 aromatic rings. The van der Waals surface area contributed by atoms with E-state index in [9.17, 15) is 9.50 Å². The van der Waals surface area contributed by atoms with Gasteiger partial charge in [-0.3, -0.25) is 4.98 Å². The Morgan fingerprint density at radius 1 is 1.19 bits per heavy atom. The zero-order valence-corrected chi connectivity index (χ0v) is 11.0. The summed E-state index contributed by atoms with van der Waals surface area (Å²) >= 11 is 0. The number of hydrogen-bond donors (Lipinski definition) is 1. The van der Waals surface area contributed by atoms with Crippen LogP contribution in [0.25, 0.3) is 11.5 Å². The van der Waals surface area contributed by atoms with Crippen LogP contribution in [0.1, 0.15) is 17.6 Å². The van der Waals surface area contributed by atoms with Gasteiger partial charge in [0.25, 0.3) is 0 Å². The second-order valence-corrected chi connectivity index (χ2v) is 4.50. The van der Waals surface area contributed by atoms with E-state index in [4.69, 9.17) is 4.52 Å². The van der Waals surface area contributed by atoms with Crippen molar-refractivity contribution in [2.75, 3.05) is 0 Å². The average Bonchev–Trinajstić information content (AvgIpc) is 2.97.